The van der Waals surface area contributed by atoms with Gasteiger partial charge in [-0.05, 0) is 67.1 Å². The van der Waals surface area contributed by atoms with Crippen molar-refractivity contribution in [1.29, 1.82) is 0 Å². The van der Waals surface area contributed by atoms with Crippen LogP contribution in [0.5, 0.6) is 0 Å². The molecule has 3 N–H and O–H groups in total. The normalized spacial score (nSPS) is 16.6. The van der Waals surface area contributed by atoms with E-state index in [4.69, 9.17) is 4.98 Å². The molecule has 1 fully saturated rings. The first-order chi connectivity index (χ1) is 20.0. The van der Waals surface area contributed by atoms with Gasteiger partial charge in [0.1, 0.15) is 5.82 Å². The smallest absolute Gasteiger partial charge is 0.322 e. The maximum absolute atomic E-state index is 13.6. The van der Waals surface area contributed by atoms with Crippen LogP contribution in [0.25, 0.3) is 16.4 Å². The number of aromatic amines is 1. The summed E-state index contributed by atoms with van der Waals surface area (Å²) >= 11 is 0. The summed E-state index contributed by atoms with van der Waals surface area (Å²) in [4.78, 5) is 35.0. The van der Waals surface area contributed by atoms with Gasteiger partial charge in [0, 0.05) is 42.9 Å². The van der Waals surface area contributed by atoms with Gasteiger partial charge in [-0.1, -0.05) is 30.3 Å². The maximum Gasteiger partial charge on any atom is 0.322 e. The molecule has 5 aromatic rings. The number of aryl methyl sites for hydroxylation is 1. The molecule has 2 aliphatic rings. The highest BCUT2D eigenvalue weighted by Crippen LogP contribution is 2.28. The number of fused-ring (bicyclic) bond motifs is 3. The number of aromatic nitrogens is 4. The number of carbonyl (C=O) groups is 2. The van der Waals surface area contributed by atoms with Gasteiger partial charge in [0.25, 0.3) is 0 Å². The second kappa shape index (κ2) is 10.3. The average molecular weight is 549 g/mol. The minimum absolute atomic E-state index is 0.0669. The van der Waals surface area contributed by atoms with E-state index in [0.29, 0.717) is 26.1 Å². The molecule has 1 saturated heterocycles. The quantitative estimate of drug-likeness (QED) is 0.286. The number of nitrogens with one attached hydrogen (secondary N) is 3. The van der Waals surface area contributed by atoms with Crippen LogP contribution in [0.1, 0.15) is 41.4 Å². The third-order valence-corrected chi connectivity index (χ3v) is 8.38. The number of hydrogen-bond acceptors (Lipinski definition) is 4. The van der Waals surface area contributed by atoms with Gasteiger partial charge >= 0.3 is 12.1 Å². The van der Waals surface area contributed by atoms with Gasteiger partial charge in [-0.25, -0.2) is 14.6 Å². The van der Waals surface area contributed by atoms with Gasteiger partial charge < -0.3 is 24.8 Å². The Kier molecular flexibility index (Phi) is 6.30. The average Bonchev–Trinajstić information content (AvgIpc) is 3.64. The molecule has 0 spiro atoms. The topological polar surface area (TPSA) is 111 Å². The molecule has 0 unspecified atom stereocenters. The van der Waals surface area contributed by atoms with Crippen LogP contribution in [0.4, 0.5) is 15.3 Å². The highest BCUT2D eigenvalue weighted by molar-refractivity contribution is 5.92. The minimum atomic E-state index is -0.335. The standard InChI is InChI=1S/C31H32N8O2/c1-20-14-21(15-23-17-33-36-28(20)23)16-27(29-32-18-25-7-4-5-11-38(25)29)35-30(40)37-12-9-24(10-13-37)39-19-22-6-2-3-8-26(22)34-31(39)41/h2-8,11,14-15,17-18,24,27H,9-10,12-13,16,19H2,1H3,(H,33,36)(H,34,41)(H,35,40)/t27-/m1/s1. The number of hydrogen-bond donors (Lipinski definition) is 3. The summed E-state index contributed by atoms with van der Waals surface area (Å²) in [5.74, 6) is 0.789. The second-order valence-electron chi connectivity index (χ2n) is 11.0. The van der Waals surface area contributed by atoms with Crippen molar-refractivity contribution in [3.8, 4) is 0 Å². The largest absolute Gasteiger partial charge is 0.328 e. The minimum Gasteiger partial charge on any atom is -0.328 e. The van der Waals surface area contributed by atoms with Gasteiger partial charge in [-0.2, -0.15) is 5.10 Å². The number of piperidine rings is 1. The van der Waals surface area contributed by atoms with E-state index < -0.39 is 0 Å². The van der Waals surface area contributed by atoms with Crippen LogP contribution in [0.15, 0.2) is 73.2 Å². The van der Waals surface area contributed by atoms with Crippen LogP contribution in [0.2, 0.25) is 0 Å². The van der Waals surface area contributed by atoms with Gasteiger partial charge in [-0.3, -0.25) is 5.10 Å². The number of likely N-dealkylation sites (tertiary alicyclic amines) is 1. The van der Waals surface area contributed by atoms with Crippen molar-refractivity contribution in [1.82, 2.24) is 34.7 Å². The van der Waals surface area contributed by atoms with Crippen molar-refractivity contribution in [3.63, 3.8) is 0 Å². The molecule has 2 aliphatic heterocycles. The van der Waals surface area contributed by atoms with Crippen molar-refractivity contribution >= 4 is 34.2 Å². The summed E-state index contributed by atoms with van der Waals surface area (Å²) in [5.41, 5.74) is 6.21. The fourth-order valence-electron chi connectivity index (χ4n) is 6.23. The second-order valence-corrected chi connectivity index (χ2v) is 11.0. The van der Waals surface area contributed by atoms with Crippen molar-refractivity contribution < 1.29 is 9.59 Å². The van der Waals surface area contributed by atoms with E-state index >= 15 is 0 Å². The van der Waals surface area contributed by atoms with Crippen LogP contribution in [0.3, 0.4) is 0 Å². The fraction of sp³-hybridized carbons (Fsp3) is 0.290. The van der Waals surface area contributed by atoms with Crippen LogP contribution >= 0.6 is 0 Å². The summed E-state index contributed by atoms with van der Waals surface area (Å²) in [6, 6.07) is 17.7. The Labute approximate surface area is 237 Å². The van der Waals surface area contributed by atoms with Gasteiger partial charge in [0.15, 0.2) is 0 Å². The highest BCUT2D eigenvalue weighted by Gasteiger charge is 2.33. The van der Waals surface area contributed by atoms with E-state index in [0.717, 1.165) is 57.5 Å². The van der Waals surface area contributed by atoms with Crippen molar-refractivity contribution in [2.75, 3.05) is 18.4 Å². The Hall–Kier alpha value is -4.86. The number of urea groups is 2. The Balaban J connectivity index is 1.08. The van der Waals surface area contributed by atoms with Gasteiger partial charge in [0.05, 0.1) is 29.5 Å². The lowest BCUT2D eigenvalue weighted by Crippen LogP contribution is -2.53. The maximum atomic E-state index is 13.6. The van der Waals surface area contributed by atoms with E-state index in [1.165, 1.54) is 0 Å². The molecular weight excluding hydrogens is 516 g/mol. The Morgan fingerprint density at radius 2 is 1.93 bits per heavy atom. The van der Waals surface area contributed by atoms with Crippen LogP contribution < -0.4 is 10.6 Å². The molecule has 0 saturated carbocycles. The van der Waals surface area contributed by atoms with E-state index in [1.54, 1.807) is 0 Å². The Morgan fingerprint density at radius 1 is 1.10 bits per heavy atom. The molecule has 41 heavy (non-hydrogen) atoms. The monoisotopic (exact) mass is 548 g/mol. The highest BCUT2D eigenvalue weighted by atomic mass is 16.2. The third kappa shape index (κ3) is 4.75. The number of amides is 4. The molecule has 1 atom stereocenters. The molecule has 0 aliphatic carbocycles. The summed E-state index contributed by atoms with van der Waals surface area (Å²) in [6.07, 6.45) is 7.70. The zero-order valence-corrected chi connectivity index (χ0v) is 22.9. The fourth-order valence-corrected chi connectivity index (χ4v) is 6.23. The summed E-state index contributed by atoms with van der Waals surface area (Å²) < 4.78 is 2.03. The van der Waals surface area contributed by atoms with Crippen molar-refractivity contribution in [3.05, 3.63) is 95.7 Å². The molecule has 208 valence electrons. The number of pyridine rings is 1. The Morgan fingerprint density at radius 3 is 2.80 bits per heavy atom. The molecule has 0 bridgehead atoms. The lowest BCUT2D eigenvalue weighted by Gasteiger charge is -2.40. The Bertz CT molecular complexity index is 1750. The lowest BCUT2D eigenvalue weighted by molar-refractivity contribution is 0.127. The van der Waals surface area contributed by atoms with E-state index in [-0.39, 0.29) is 24.1 Å². The number of benzene rings is 2. The predicted molar refractivity (Wildman–Crippen MR) is 157 cm³/mol. The van der Waals surface area contributed by atoms with Gasteiger partial charge in [-0.15, -0.1) is 0 Å². The van der Waals surface area contributed by atoms with E-state index in [1.807, 2.05) is 69.2 Å². The first-order valence-electron chi connectivity index (χ1n) is 14.1. The van der Waals surface area contributed by atoms with Gasteiger partial charge in [0.2, 0.25) is 0 Å². The lowest BCUT2D eigenvalue weighted by atomic mass is 10.00. The molecule has 3 aromatic heterocycles. The number of rotatable bonds is 5. The summed E-state index contributed by atoms with van der Waals surface area (Å²) in [7, 11) is 0. The van der Waals surface area contributed by atoms with E-state index in [9.17, 15) is 9.59 Å². The van der Waals surface area contributed by atoms with Crippen molar-refractivity contribution in [2.45, 2.75) is 44.8 Å². The zero-order valence-electron chi connectivity index (χ0n) is 22.9. The first kappa shape index (κ1) is 25.1. The van der Waals surface area contributed by atoms with Crippen LogP contribution in [-0.2, 0) is 13.0 Å². The SMILES string of the molecule is Cc1cc(C[C@@H](NC(=O)N2CCC(N3Cc4ccccc4NC3=O)CC2)c2ncc3ccccn23)cc2cn[nH]c12. The number of para-hydroxylation sites is 1. The van der Waals surface area contributed by atoms with E-state index in [2.05, 4.69) is 46.0 Å². The number of carbonyl (C=O) groups excluding carboxylic acids is 2. The molecule has 10 nitrogen and oxygen atoms in total. The predicted octanol–water partition coefficient (Wildman–Crippen LogP) is 5.02. The molecule has 5 heterocycles. The first-order valence-corrected chi connectivity index (χ1v) is 14.1. The molecule has 7 rings (SSSR count). The zero-order chi connectivity index (χ0) is 27.9. The summed E-state index contributed by atoms with van der Waals surface area (Å²) in [6.45, 7) is 3.82. The molecule has 10 heteroatoms. The number of anilines is 1. The third-order valence-electron chi connectivity index (χ3n) is 8.38. The summed E-state index contributed by atoms with van der Waals surface area (Å²) in [5, 5.41) is 14.6. The molecule has 4 amide bonds. The van der Waals surface area contributed by atoms with Crippen molar-refractivity contribution in [2.24, 2.45) is 0 Å². The van der Waals surface area contributed by atoms with Crippen LogP contribution in [-0.4, -0.2) is 60.6 Å². The van der Waals surface area contributed by atoms with Crippen LogP contribution in [0, 0.1) is 6.92 Å². The molecular formula is C31H32N8O2. The number of imidazole rings is 1. The molecule has 2 aromatic carbocycles. The molecule has 0 radical (unpaired) electrons. The number of H-pyrrole nitrogens is 1. The number of nitrogens with zero attached hydrogens (tertiary/aromatic N) is 5.